The number of aromatic nitrogens is 1. The summed E-state index contributed by atoms with van der Waals surface area (Å²) in [7, 11) is 0. The molecule has 0 fully saturated rings. The van der Waals surface area contributed by atoms with Crippen LogP contribution in [-0.2, 0) is 0 Å². The van der Waals surface area contributed by atoms with Gasteiger partial charge in [0.25, 0.3) is 0 Å². The summed E-state index contributed by atoms with van der Waals surface area (Å²) in [4.78, 5) is 4.26. The molecule has 62 valence electrons. The van der Waals surface area contributed by atoms with E-state index in [2.05, 4.69) is 4.98 Å². The summed E-state index contributed by atoms with van der Waals surface area (Å²) in [6, 6.07) is 3.53. The van der Waals surface area contributed by atoms with Gasteiger partial charge in [0.05, 0.1) is 5.01 Å². The average molecular weight is 200 g/mol. The zero-order valence-electron chi connectivity index (χ0n) is 6.37. The first-order valence-electron chi connectivity index (χ1n) is 3.43. The van der Waals surface area contributed by atoms with Crippen LogP contribution in [0, 0.1) is 6.92 Å². The zero-order valence-corrected chi connectivity index (χ0v) is 7.95. The average Bonchev–Trinajstić information content (AvgIpc) is 2.58. The Hall–Kier alpha value is -0.800. The van der Waals surface area contributed by atoms with Crippen molar-refractivity contribution in [1.29, 1.82) is 0 Å². The molecule has 12 heavy (non-hydrogen) atoms. The van der Waals surface area contributed by atoms with Crippen molar-refractivity contribution in [2.45, 2.75) is 6.92 Å². The van der Waals surface area contributed by atoms with E-state index in [-0.39, 0.29) is 0 Å². The predicted octanol–water partition coefficient (Wildman–Crippen LogP) is 3.36. The zero-order chi connectivity index (χ0) is 8.55. The van der Waals surface area contributed by atoms with E-state index in [1.54, 1.807) is 17.4 Å². The Balaban J connectivity index is 2.43. The summed E-state index contributed by atoms with van der Waals surface area (Å²) in [6.45, 7) is 1.96. The quantitative estimate of drug-likeness (QED) is 0.704. The summed E-state index contributed by atoms with van der Waals surface area (Å²) in [5, 5.41) is 3.37. The second-order valence-electron chi connectivity index (χ2n) is 2.36. The van der Waals surface area contributed by atoms with Crippen LogP contribution in [0.15, 0.2) is 21.9 Å². The fourth-order valence-electron chi connectivity index (χ4n) is 0.929. The largest absolute Gasteiger partial charge is 0.443 e. The number of halogens is 1. The summed E-state index contributed by atoms with van der Waals surface area (Å²) in [5.74, 6) is 0.726. The van der Waals surface area contributed by atoms with Gasteiger partial charge in [0, 0.05) is 5.38 Å². The van der Waals surface area contributed by atoms with E-state index in [1.165, 1.54) is 0 Å². The molecular weight excluding hydrogens is 194 g/mol. The molecule has 0 atom stereocenters. The summed E-state index contributed by atoms with van der Waals surface area (Å²) in [5.41, 5.74) is 0.851. The number of thiazole rings is 1. The summed E-state index contributed by atoms with van der Waals surface area (Å²) in [6.07, 6.45) is 0. The number of aryl methyl sites for hydroxylation is 1. The Morgan fingerprint density at radius 3 is 2.83 bits per heavy atom. The third kappa shape index (κ3) is 1.38. The van der Waals surface area contributed by atoms with Crippen LogP contribution in [0.25, 0.3) is 11.5 Å². The van der Waals surface area contributed by atoms with Crippen molar-refractivity contribution in [3.63, 3.8) is 0 Å². The van der Waals surface area contributed by atoms with Crippen molar-refractivity contribution < 1.29 is 4.42 Å². The predicted molar refractivity (Wildman–Crippen MR) is 49.6 cm³/mol. The van der Waals surface area contributed by atoms with E-state index in [0.29, 0.717) is 5.22 Å². The van der Waals surface area contributed by atoms with Crippen LogP contribution in [-0.4, -0.2) is 4.98 Å². The smallest absolute Gasteiger partial charge is 0.194 e. The minimum absolute atomic E-state index is 0.399. The molecule has 0 aliphatic heterocycles. The molecule has 2 nitrogen and oxygen atoms in total. The number of hydrogen-bond donors (Lipinski definition) is 0. The van der Waals surface area contributed by atoms with Gasteiger partial charge < -0.3 is 4.42 Å². The number of nitrogens with zero attached hydrogens (tertiary/aromatic N) is 1. The molecule has 0 saturated carbocycles. The molecule has 0 aromatic carbocycles. The maximum absolute atomic E-state index is 5.63. The lowest BCUT2D eigenvalue weighted by Crippen LogP contribution is -1.72. The molecule has 2 aromatic rings. The second kappa shape index (κ2) is 2.92. The SMILES string of the molecule is Cc1nc(-c2ccc(Cl)o2)cs1. The van der Waals surface area contributed by atoms with Gasteiger partial charge in [-0.15, -0.1) is 11.3 Å². The van der Waals surface area contributed by atoms with Crippen LogP contribution in [0.1, 0.15) is 5.01 Å². The monoisotopic (exact) mass is 199 g/mol. The molecule has 0 aliphatic rings. The van der Waals surface area contributed by atoms with Gasteiger partial charge in [-0.3, -0.25) is 0 Å². The molecule has 2 rings (SSSR count). The van der Waals surface area contributed by atoms with E-state index in [9.17, 15) is 0 Å². The molecule has 0 spiro atoms. The van der Waals surface area contributed by atoms with Crippen LogP contribution in [0.2, 0.25) is 5.22 Å². The minimum atomic E-state index is 0.399. The van der Waals surface area contributed by atoms with Crippen molar-refractivity contribution in [1.82, 2.24) is 4.98 Å². The van der Waals surface area contributed by atoms with Crippen molar-refractivity contribution in [3.05, 3.63) is 27.7 Å². The molecule has 0 bridgehead atoms. The molecule has 0 radical (unpaired) electrons. The van der Waals surface area contributed by atoms with Crippen LogP contribution in [0.3, 0.4) is 0 Å². The van der Waals surface area contributed by atoms with Gasteiger partial charge >= 0.3 is 0 Å². The molecule has 0 aliphatic carbocycles. The number of hydrogen-bond acceptors (Lipinski definition) is 3. The van der Waals surface area contributed by atoms with Crippen LogP contribution in [0.4, 0.5) is 0 Å². The van der Waals surface area contributed by atoms with E-state index in [0.717, 1.165) is 16.5 Å². The summed E-state index contributed by atoms with van der Waals surface area (Å²) < 4.78 is 5.19. The van der Waals surface area contributed by atoms with Crippen LogP contribution >= 0.6 is 22.9 Å². The second-order valence-corrected chi connectivity index (χ2v) is 3.79. The highest BCUT2D eigenvalue weighted by molar-refractivity contribution is 7.09. The van der Waals surface area contributed by atoms with Gasteiger partial charge in [-0.2, -0.15) is 0 Å². The van der Waals surface area contributed by atoms with Gasteiger partial charge in [0.1, 0.15) is 5.69 Å². The van der Waals surface area contributed by atoms with Gasteiger partial charge in [-0.05, 0) is 30.7 Å². The first kappa shape index (κ1) is 7.83. The lowest BCUT2D eigenvalue weighted by atomic mass is 10.4. The molecule has 0 unspecified atom stereocenters. The van der Waals surface area contributed by atoms with E-state index in [1.807, 2.05) is 18.4 Å². The highest BCUT2D eigenvalue weighted by Crippen LogP contribution is 2.25. The Morgan fingerprint density at radius 1 is 1.50 bits per heavy atom. The third-order valence-electron chi connectivity index (χ3n) is 1.44. The lowest BCUT2D eigenvalue weighted by molar-refractivity contribution is 0.582. The third-order valence-corrected chi connectivity index (χ3v) is 2.42. The Kier molecular flexibility index (Phi) is 1.90. The van der Waals surface area contributed by atoms with Gasteiger partial charge in [-0.1, -0.05) is 0 Å². The number of rotatable bonds is 1. The maximum Gasteiger partial charge on any atom is 0.194 e. The van der Waals surface area contributed by atoms with Crippen LogP contribution in [0.5, 0.6) is 0 Å². The Labute approximate surface area is 78.8 Å². The number of furan rings is 1. The fourth-order valence-corrected chi connectivity index (χ4v) is 1.68. The summed E-state index contributed by atoms with van der Waals surface area (Å²) >= 11 is 7.22. The standard InChI is InChI=1S/C8H6ClNOS/c1-5-10-6(4-12-5)7-2-3-8(9)11-7/h2-4H,1H3. The maximum atomic E-state index is 5.63. The van der Waals surface area contributed by atoms with Gasteiger partial charge in [-0.25, -0.2) is 4.98 Å². The molecule has 0 amide bonds. The van der Waals surface area contributed by atoms with Gasteiger partial charge in [0.15, 0.2) is 11.0 Å². The van der Waals surface area contributed by atoms with E-state index in [4.69, 9.17) is 16.0 Å². The molecular formula is C8H6ClNOS. The van der Waals surface area contributed by atoms with Crippen LogP contribution < -0.4 is 0 Å². The molecule has 2 aromatic heterocycles. The van der Waals surface area contributed by atoms with Crippen molar-refractivity contribution in [3.8, 4) is 11.5 Å². The first-order chi connectivity index (χ1) is 5.75. The Bertz CT molecular complexity index is 355. The molecule has 2 heterocycles. The minimum Gasteiger partial charge on any atom is -0.443 e. The fraction of sp³-hybridized carbons (Fsp3) is 0.125. The lowest BCUT2D eigenvalue weighted by Gasteiger charge is -1.86. The Morgan fingerprint density at radius 2 is 2.33 bits per heavy atom. The molecule has 4 heteroatoms. The highest BCUT2D eigenvalue weighted by atomic mass is 35.5. The topological polar surface area (TPSA) is 26.0 Å². The van der Waals surface area contributed by atoms with E-state index < -0.39 is 0 Å². The normalized spacial score (nSPS) is 10.5. The highest BCUT2D eigenvalue weighted by Gasteiger charge is 2.05. The van der Waals surface area contributed by atoms with Crippen molar-refractivity contribution in [2.75, 3.05) is 0 Å². The van der Waals surface area contributed by atoms with Gasteiger partial charge in [0.2, 0.25) is 0 Å². The molecule has 0 N–H and O–H groups in total. The van der Waals surface area contributed by atoms with Crippen molar-refractivity contribution in [2.24, 2.45) is 0 Å². The molecule has 0 saturated heterocycles. The van der Waals surface area contributed by atoms with E-state index >= 15 is 0 Å². The first-order valence-corrected chi connectivity index (χ1v) is 4.69. The van der Waals surface area contributed by atoms with Crippen molar-refractivity contribution >= 4 is 22.9 Å².